The number of likely N-dealkylation sites (tertiary alicyclic amines) is 1. The number of halogens is 3. The normalized spacial score (nSPS) is 22.1. The molecule has 2 heterocycles. The highest BCUT2D eigenvalue weighted by molar-refractivity contribution is 6.15. The topological polar surface area (TPSA) is 106 Å². The zero-order valence-corrected chi connectivity index (χ0v) is 23.8. The molecule has 39 heavy (non-hydrogen) atoms. The van der Waals surface area contributed by atoms with Gasteiger partial charge in [-0.05, 0) is 49.8 Å². The van der Waals surface area contributed by atoms with Crippen LogP contribution in [0.2, 0.25) is 0 Å². The van der Waals surface area contributed by atoms with Gasteiger partial charge in [0.1, 0.15) is 16.9 Å². The highest BCUT2D eigenvalue weighted by Crippen LogP contribution is 2.41. The van der Waals surface area contributed by atoms with E-state index in [-0.39, 0.29) is 29.3 Å². The summed E-state index contributed by atoms with van der Waals surface area (Å²) < 4.78 is 37.6. The molecule has 0 radical (unpaired) electrons. The number of methoxy groups -OCH3 is 1. The number of aliphatic hydroxyl groups excluding tert-OH is 1. The molecule has 2 aromatic rings. The average Bonchev–Trinajstić information content (AvgIpc) is 3.43. The van der Waals surface area contributed by atoms with Gasteiger partial charge in [-0.15, -0.1) is 11.6 Å². The number of para-hydroxylation sites is 2. The van der Waals surface area contributed by atoms with Crippen LogP contribution in [0.25, 0.3) is 0 Å². The highest BCUT2D eigenvalue weighted by Gasteiger charge is 2.51. The van der Waals surface area contributed by atoms with Gasteiger partial charge >= 0.3 is 6.61 Å². The molecule has 1 aromatic carbocycles. The van der Waals surface area contributed by atoms with E-state index in [1.54, 1.807) is 36.2 Å². The molecule has 12 heteroatoms. The SMILES string of the molecule is CCl.CO.COC1(C=O)CC(N2CCC(C(=O)Nc3ccccc3OC(F)F)(n3nccc3C(C)C)CC2)C1. The van der Waals surface area contributed by atoms with E-state index >= 15 is 0 Å². The second-order valence-corrected chi connectivity index (χ2v) is 9.67. The molecule has 218 valence electrons. The van der Waals surface area contributed by atoms with Crippen molar-refractivity contribution in [3.05, 3.63) is 42.2 Å². The van der Waals surface area contributed by atoms with Crippen molar-refractivity contribution < 1.29 is 33.0 Å². The van der Waals surface area contributed by atoms with E-state index in [1.165, 1.54) is 12.4 Å². The van der Waals surface area contributed by atoms with Crippen molar-refractivity contribution in [3.63, 3.8) is 0 Å². The summed E-state index contributed by atoms with van der Waals surface area (Å²) in [6, 6.07) is 8.29. The van der Waals surface area contributed by atoms with Crippen LogP contribution < -0.4 is 10.1 Å². The number of hydrogen-bond donors (Lipinski definition) is 2. The van der Waals surface area contributed by atoms with Gasteiger partial charge in [-0.1, -0.05) is 26.0 Å². The Labute approximate surface area is 233 Å². The van der Waals surface area contributed by atoms with Crippen LogP contribution in [0.15, 0.2) is 36.5 Å². The number of hydrogen-bond acceptors (Lipinski definition) is 7. The lowest BCUT2D eigenvalue weighted by atomic mass is 9.74. The summed E-state index contributed by atoms with van der Waals surface area (Å²) in [7, 11) is 2.55. The number of aldehydes is 1. The van der Waals surface area contributed by atoms with Gasteiger partial charge in [0, 0.05) is 51.6 Å². The first-order valence-electron chi connectivity index (χ1n) is 12.7. The van der Waals surface area contributed by atoms with Crippen LogP contribution in [-0.4, -0.2) is 83.9 Å². The molecule has 1 saturated heterocycles. The zero-order chi connectivity index (χ0) is 29.2. The number of nitrogens with one attached hydrogen (secondary N) is 1. The summed E-state index contributed by atoms with van der Waals surface area (Å²) in [6.07, 6.45) is 6.26. The molecular weight excluding hydrogens is 534 g/mol. The fourth-order valence-electron chi connectivity index (χ4n) is 5.22. The van der Waals surface area contributed by atoms with Crippen molar-refractivity contribution in [2.24, 2.45) is 0 Å². The first-order chi connectivity index (χ1) is 18.7. The van der Waals surface area contributed by atoms with Crippen molar-refractivity contribution >= 4 is 29.5 Å². The van der Waals surface area contributed by atoms with Crippen molar-refractivity contribution in [1.82, 2.24) is 14.7 Å². The maximum absolute atomic E-state index is 13.9. The third-order valence-electron chi connectivity index (χ3n) is 7.37. The number of alkyl halides is 3. The molecule has 0 unspecified atom stereocenters. The van der Waals surface area contributed by atoms with Gasteiger partial charge in [-0.2, -0.15) is 13.9 Å². The third kappa shape index (κ3) is 7.13. The number of benzene rings is 1. The Morgan fingerprint density at radius 3 is 2.33 bits per heavy atom. The Bertz CT molecular complexity index is 1050. The minimum Gasteiger partial charge on any atom is -0.433 e. The summed E-state index contributed by atoms with van der Waals surface area (Å²) >= 11 is 4.64. The van der Waals surface area contributed by atoms with Crippen molar-refractivity contribution in [1.29, 1.82) is 0 Å². The molecular formula is C27H39ClF2N4O5. The summed E-state index contributed by atoms with van der Waals surface area (Å²) in [6.45, 7) is 2.33. The monoisotopic (exact) mass is 572 g/mol. The minimum atomic E-state index is -3.00. The minimum absolute atomic E-state index is 0.0905. The van der Waals surface area contributed by atoms with Crippen molar-refractivity contribution in [3.8, 4) is 5.75 Å². The van der Waals surface area contributed by atoms with Crippen LogP contribution >= 0.6 is 11.6 Å². The molecule has 1 aromatic heterocycles. The Kier molecular flexibility index (Phi) is 12.3. The molecule has 1 saturated carbocycles. The molecule has 0 atom stereocenters. The standard InChI is InChI=1S/C25H32F2N4O4.CH3Cl.CH4O/c1-17(2)20-8-11-28-31(20)25(22(33)29-19-6-4-5-7-21(19)35-23(26)27)9-12-30(13-10-25)18-14-24(15-18,16-32)34-3;2*1-2/h4-8,11,16-18,23H,9-10,12-15H2,1-3H3,(H,29,33);1H3;2H,1H3. The van der Waals surface area contributed by atoms with Crippen LogP contribution in [0.4, 0.5) is 14.5 Å². The second-order valence-electron chi connectivity index (χ2n) is 9.67. The number of nitrogens with zero attached hydrogens (tertiary/aromatic N) is 3. The maximum atomic E-state index is 13.9. The molecule has 0 bridgehead atoms. The van der Waals surface area contributed by atoms with E-state index in [0.29, 0.717) is 38.8 Å². The van der Waals surface area contributed by atoms with E-state index in [9.17, 15) is 18.4 Å². The fourth-order valence-corrected chi connectivity index (χ4v) is 5.22. The van der Waals surface area contributed by atoms with Crippen LogP contribution in [0, 0.1) is 0 Å². The van der Waals surface area contributed by atoms with Gasteiger partial charge in [0.05, 0.1) is 5.69 Å². The largest absolute Gasteiger partial charge is 0.433 e. The number of anilines is 1. The van der Waals surface area contributed by atoms with Gasteiger partial charge in [0.15, 0.2) is 6.29 Å². The van der Waals surface area contributed by atoms with Crippen LogP contribution in [0.1, 0.15) is 51.1 Å². The Morgan fingerprint density at radius 1 is 1.18 bits per heavy atom. The number of aromatic nitrogens is 2. The van der Waals surface area contributed by atoms with Gasteiger partial charge < -0.3 is 24.7 Å². The van der Waals surface area contributed by atoms with E-state index in [1.807, 2.05) is 19.9 Å². The fraction of sp³-hybridized carbons (Fsp3) is 0.593. The van der Waals surface area contributed by atoms with E-state index < -0.39 is 17.8 Å². The molecule has 1 amide bonds. The number of carbonyl (C=O) groups excluding carboxylic acids is 2. The van der Waals surface area contributed by atoms with Crippen LogP contribution in [0.5, 0.6) is 5.75 Å². The maximum Gasteiger partial charge on any atom is 0.387 e. The van der Waals surface area contributed by atoms with Crippen LogP contribution in [0.3, 0.4) is 0 Å². The van der Waals surface area contributed by atoms with E-state index in [4.69, 9.17) is 9.84 Å². The first kappa shape index (κ1) is 32.6. The molecule has 9 nitrogen and oxygen atoms in total. The summed E-state index contributed by atoms with van der Waals surface area (Å²) in [5, 5.41) is 14.4. The lowest BCUT2D eigenvalue weighted by Gasteiger charge is -2.51. The average molecular weight is 573 g/mol. The molecule has 1 aliphatic heterocycles. The smallest absolute Gasteiger partial charge is 0.387 e. The van der Waals surface area contributed by atoms with Gasteiger partial charge in [0.2, 0.25) is 0 Å². The number of piperidine rings is 1. The van der Waals surface area contributed by atoms with E-state index in [2.05, 4.69) is 31.7 Å². The third-order valence-corrected chi connectivity index (χ3v) is 7.37. The summed E-state index contributed by atoms with van der Waals surface area (Å²) in [5.74, 6) is -0.274. The van der Waals surface area contributed by atoms with Crippen molar-refractivity contribution in [2.75, 3.05) is 39.0 Å². The predicted octanol–water partition coefficient (Wildman–Crippen LogP) is 4.25. The number of rotatable bonds is 9. The molecule has 0 spiro atoms. The zero-order valence-electron chi connectivity index (χ0n) is 23.1. The van der Waals surface area contributed by atoms with Gasteiger partial charge in [-0.3, -0.25) is 14.4 Å². The first-order valence-corrected chi connectivity index (χ1v) is 13.5. The molecule has 2 aliphatic rings. The Balaban J connectivity index is 0.00000127. The Hall–Kier alpha value is -2.60. The number of ether oxygens (including phenoxy) is 2. The van der Waals surface area contributed by atoms with Gasteiger partial charge in [-0.25, -0.2) is 0 Å². The molecule has 1 aliphatic carbocycles. The predicted molar refractivity (Wildman–Crippen MR) is 146 cm³/mol. The molecule has 2 fully saturated rings. The van der Waals surface area contributed by atoms with Crippen LogP contribution in [-0.2, 0) is 19.9 Å². The number of carbonyl (C=O) groups is 2. The summed E-state index contributed by atoms with van der Waals surface area (Å²) in [5.41, 5.74) is -0.594. The summed E-state index contributed by atoms with van der Waals surface area (Å²) in [4.78, 5) is 27.6. The quantitative estimate of drug-likeness (QED) is 0.342. The number of aliphatic hydroxyl groups is 1. The lowest BCUT2D eigenvalue weighted by molar-refractivity contribution is -0.152. The van der Waals surface area contributed by atoms with Gasteiger partial charge in [0.25, 0.3) is 5.91 Å². The molecule has 4 rings (SSSR count). The number of amides is 1. The second kappa shape index (κ2) is 14.7. The molecule has 2 N–H and O–H groups in total. The van der Waals surface area contributed by atoms with Crippen molar-refractivity contribution in [2.45, 2.75) is 69.2 Å². The lowest BCUT2D eigenvalue weighted by Crippen LogP contribution is -2.61. The van der Waals surface area contributed by atoms with E-state index in [0.717, 1.165) is 19.1 Å². The Morgan fingerprint density at radius 2 is 1.79 bits per heavy atom. The highest BCUT2D eigenvalue weighted by atomic mass is 35.5.